The molecule has 28 heavy (non-hydrogen) atoms. The fourth-order valence-corrected chi connectivity index (χ4v) is 5.53. The van der Waals surface area contributed by atoms with Gasteiger partial charge in [0.15, 0.2) is 11.5 Å². The number of carbonyl (C=O) groups is 2. The van der Waals surface area contributed by atoms with Gasteiger partial charge in [-0.05, 0) is 48.4 Å². The van der Waals surface area contributed by atoms with Crippen LogP contribution in [-0.4, -0.2) is 30.1 Å². The van der Waals surface area contributed by atoms with E-state index < -0.39 is 5.54 Å². The number of carbonyl (C=O) groups excluding carboxylic acids is 2. The largest absolute Gasteiger partial charge is 0.489 e. The third-order valence-electron chi connectivity index (χ3n) is 5.54. The van der Waals surface area contributed by atoms with Crippen molar-refractivity contribution in [2.45, 2.75) is 37.8 Å². The molecule has 1 fully saturated rings. The number of thiophene rings is 1. The smallest absolute Gasteiger partial charge is 0.325 e. The van der Waals surface area contributed by atoms with E-state index in [1.54, 1.807) is 23.5 Å². The first-order valence-corrected chi connectivity index (χ1v) is 10.6. The molecule has 1 aromatic carbocycles. The van der Waals surface area contributed by atoms with Gasteiger partial charge in [-0.25, -0.2) is 4.79 Å². The number of urea groups is 1. The van der Waals surface area contributed by atoms with E-state index in [0.29, 0.717) is 36.2 Å². The molecular formula is C20H19ClN2O4S. The second-order valence-corrected chi connectivity index (χ2v) is 8.70. The minimum atomic E-state index is -0.931. The van der Waals surface area contributed by atoms with Crippen LogP contribution in [0.1, 0.15) is 35.3 Å². The number of amides is 3. The normalized spacial score (nSPS) is 23.5. The van der Waals surface area contributed by atoms with Crippen molar-refractivity contribution in [1.29, 1.82) is 0 Å². The summed E-state index contributed by atoms with van der Waals surface area (Å²) in [4.78, 5) is 28.5. The molecule has 0 unspecified atom stereocenters. The molecule has 6 nitrogen and oxygen atoms in total. The SMILES string of the molecule is O=C1N[C@]2(CCCc3sccc32)C(=O)N1Cc1cc(Cl)c2c(c1)OCCCO2. The number of hydrogen-bond donors (Lipinski definition) is 1. The molecule has 1 N–H and O–H groups in total. The maximum absolute atomic E-state index is 13.3. The first-order chi connectivity index (χ1) is 13.6. The van der Waals surface area contributed by atoms with Gasteiger partial charge in [0, 0.05) is 16.9 Å². The Balaban J connectivity index is 1.46. The lowest BCUT2D eigenvalue weighted by atomic mass is 9.80. The molecule has 3 heterocycles. The zero-order valence-electron chi connectivity index (χ0n) is 15.1. The highest BCUT2D eigenvalue weighted by Gasteiger charge is 2.54. The summed E-state index contributed by atoms with van der Waals surface area (Å²) in [6.45, 7) is 1.23. The van der Waals surface area contributed by atoms with Crippen LogP contribution in [0.3, 0.4) is 0 Å². The quantitative estimate of drug-likeness (QED) is 0.752. The van der Waals surface area contributed by atoms with Crippen LogP contribution in [-0.2, 0) is 23.3 Å². The molecule has 1 aliphatic carbocycles. The Morgan fingerprint density at radius 2 is 2.07 bits per heavy atom. The van der Waals surface area contributed by atoms with Gasteiger partial charge in [-0.3, -0.25) is 9.69 Å². The monoisotopic (exact) mass is 418 g/mol. The second kappa shape index (κ2) is 6.67. The number of ether oxygens (including phenoxy) is 2. The number of fused-ring (bicyclic) bond motifs is 3. The number of imide groups is 1. The van der Waals surface area contributed by atoms with Crippen LogP contribution in [0.5, 0.6) is 11.5 Å². The summed E-state index contributed by atoms with van der Waals surface area (Å²) in [6.07, 6.45) is 3.23. The van der Waals surface area contributed by atoms with Crippen molar-refractivity contribution in [2.24, 2.45) is 0 Å². The minimum absolute atomic E-state index is 0.141. The first kappa shape index (κ1) is 17.8. The molecule has 1 saturated heterocycles. The molecule has 146 valence electrons. The Hall–Kier alpha value is -2.25. The van der Waals surface area contributed by atoms with Gasteiger partial charge in [0.25, 0.3) is 5.91 Å². The lowest BCUT2D eigenvalue weighted by Crippen LogP contribution is -2.46. The standard InChI is InChI=1S/C20H19ClN2O4S/c21-14-9-12(10-15-17(14)27-7-2-6-26-15)11-23-18(24)20(22-19(23)25)5-1-3-16-13(20)4-8-28-16/h4,8-10H,1-3,5-7,11H2,(H,22,25)/t20-/m0/s1. The lowest BCUT2D eigenvalue weighted by Gasteiger charge is -2.31. The Kier molecular flexibility index (Phi) is 4.25. The zero-order valence-corrected chi connectivity index (χ0v) is 16.7. The minimum Gasteiger partial charge on any atom is -0.489 e. The number of rotatable bonds is 2. The number of hydrogen-bond acceptors (Lipinski definition) is 5. The molecule has 5 rings (SSSR count). The lowest BCUT2D eigenvalue weighted by molar-refractivity contribution is -0.132. The van der Waals surface area contributed by atoms with Gasteiger partial charge in [0.2, 0.25) is 0 Å². The van der Waals surface area contributed by atoms with Crippen LogP contribution in [0.4, 0.5) is 4.79 Å². The molecule has 0 radical (unpaired) electrons. The molecule has 0 saturated carbocycles. The van der Waals surface area contributed by atoms with Crippen LogP contribution in [0, 0.1) is 0 Å². The summed E-state index contributed by atoms with van der Waals surface area (Å²) in [5.41, 5.74) is 0.747. The molecular weight excluding hydrogens is 400 g/mol. The summed E-state index contributed by atoms with van der Waals surface area (Å²) in [7, 11) is 0. The molecule has 3 aliphatic rings. The van der Waals surface area contributed by atoms with Crippen molar-refractivity contribution >= 4 is 34.9 Å². The van der Waals surface area contributed by atoms with Gasteiger partial charge >= 0.3 is 6.03 Å². The van der Waals surface area contributed by atoms with Crippen LogP contribution >= 0.6 is 22.9 Å². The average Bonchev–Trinajstić information content (AvgIpc) is 3.14. The molecule has 1 aromatic heterocycles. The number of nitrogens with zero attached hydrogens (tertiary/aromatic N) is 1. The molecule has 8 heteroatoms. The Morgan fingerprint density at radius 3 is 2.96 bits per heavy atom. The number of benzene rings is 1. The van der Waals surface area contributed by atoms with E-state index in [9.17, 15) is 9.59 Å². The summed E-state index contributed by atoms with van der Waals surface area (Å²) in [6, 6.07) is 5.13. The van der Waals surface area contributed by atoms with Gasteiger partial charge < -0.3 is 14.8 Å². The van der Waals surface area contributed by atoms with Crippen LogP contribution in [0.25, 0.3) is 0 Å². The molecule has 1 spiro atoms. The van der Waals surface area contributed by atoms with Crippen molar-refractivity contribution in [2.75, 3.05) is 13.2 Å². The highest BCUT2D eigenvalue weighted by molar-refractivity contribution is 7.10. The molecule has 2 aromatic rings. The van der Waals surface area contributed by atoms with Gasteiger partial charge in [0.05, 0.1) is 24.8 Å². The van der Waals surface area contributed by atoms with E-state index in [2.05, 4.69) is 5.32 Å². The molecule has 3 amide bonds. The van der Waals surface area contributed by atoms with E-state index in [4.69, 9.17) is 21.1 Å². The van der Waals surface area contributed by atoms with E-state index >= 15 is 0 Å². The fourth-order valence-electron chi connectivity index (χ4n) is 4.24. The van der Waals surface area contributed by atoms with Crippen LogP contribution < -0.4 is 14.8 Å². The highest BCUT2D eigenvalue weighted by Crippen LogP contribution is 2.43. The van der Waals surface area contributed by atoms with E-state index in [1.165, 1.54) is 9.78 Å². The zero-order chi connectivity index (χ0) is 19.3. The van der Waals surface area contributed by atoms with Gasteiger partial charge in [0.1, 0.15) is 5.54 Å². The van der Waals surface area contributed by atoms with Crippen LogP contribution in [0.15, 0.2) is 23.6 Å². The molecule has 1 atom stereocenters. The summed E-state index contributed by atoms with van der Waals surface area (Å²) in [5, 5.41) is 5.39. The third kappa shape index (κ3) is 2.68. The molecule has 2 aliphatic heterocycles. The van der Waals surface area contributed by atoms with Gasteiger partial charge in [-0.15, -0.1) is 11.3 Å². The summed E-state index contributed by atoms with van der Waals surface area (Å²) < 4.78 is 11.4. The average molecular weight is 419 g/mol. The predicted octanol–water partition coefficient (Wildman–Crippen LogP) is 3.85. The topological polar surface area (TPSA) is 67.9 Å². The van der Waals surface area contributed by atoms with E-state index in [1.807, 2.05) is 11.4 Å². The fraction of sp³-hybridized carbons (Fsp3) is 0.400. The Labute approximate surface area is 171 Å². The number of aryl methyl sites for hydroxylation is 1. The van der Waals surface area contributed by atoms with E-state index in [0.717, 1.165) is 30.4 Å². The Bertz CT molecular complexity index is 975. The predicted molar refractivity (Wildman–Crippen MR) is 105 cm³/mol. The van der Waals surface area contributed by atoms with Crippen molar-refractivity contribution in [3.05, 3.63) is 44.6 Å². The molecule has 0 bridgehead atoms. The van der Waals surface area contributed by atoms with Crippen LogP contribution in [0.2, 0.25) is 5.02 Å². The van der Waals surface area contributed by atoms with Crippen molar-refractivity contribution in [3.63, 3.8) is 0 Å². The van der Waals surface area contributed by atoms with E-state index in [-0.39, 0.29) is 18.5 Å². The first-order valence-electron chi connectivity index (χ1n) is 9.37. The van der Waals surface area contributed by atoms with Crippen molar-refractivity contribution in [1.82, 2.24) is 10.2 Å². The maximum atomic E-state index is 13.3. The van der Waals surface area contributed by atoms with Crippen molar-refractivity contribution < 1.29 is 19.1 Å². The van der Waals surface area contributed by atoms with Gasteiger partial charge in [-0.2, -0.15) is 0 Å². The number of halogens is 1. The maximum Gasteiger partial charge on any atom is 0.325 e. The third-order valence-corrected chi connectivity index (χ3v) is 6.80. The summed E-state index contributed by atoms with van der Waals surface area (Å²) >= 11 is 8.01. The van der Waals surface area contributed by atoms with Crippen molar-refractivity contribution in [3.8, 4) is 11.5 Å². The van der Waals surface area contributed by atoms with Gasteiger partial charge in [-0.1, -0.05) is 11.6 Å². The number of nitrogens with one attached hydrogen (secondary N) is 1. The highest BCUT2D eigenvalue weighted by atomic mass is 35.5. The Morgan fingerprint density at radius 1 is 1.21 bits per heavy atom. The summed E-state index contributed by atoms with van der Waals surface area (Å²) in [5.74, 6) is 0.881. The second-order valence-electron chi connectivity index (χ2n) is 7.29.